The van der Waals surface area contributed by atoms with Gasteiger partial charge >= 0.3 is 6.09 Å². The minimum absolute atomic E-state index is 0.105. The Morgan fingerprint density at radius 3 is 2.23 bits per heavy atom. The molecular formula is C32H46N2O5. The molecule has 0 spiro atoms. The van der Waals surface area contributed by atoms with Crippen molar-refractivity contribution in [3.63, 3.8) is 0 Å². The van der Waals surface area contributed by atoms with E-state index in [0.29, 0.717) is 18.5 Å². The fourth-order valence-corrected chi connectivity index (χ4v) is 5.02. The Bertz CT molecular complexity index is 1070. The second kappa shape index (κ2) is 13.0. The molecule has 0 saturated carbocycles. The van der Waals surface area contributed by atoms with Gasteiger partial charge in [0.25, 0.3) is 0 Å². The highest BCUT2D eigenvalue weighted by Crippen LogP contribution is 2.30. The molecule has 4 atom stereocenters. The van der Waals surface area contributed by atoms with Crippen molar-refractivity contribution in [3.05, 3.63) is 71.3 Å². The number of amides is 2. The average Bonchev–Trinajstić information content (AvgIpc) is 2.89. The summed E-state index contributed by atoms with van der Waals surface area (Å²) in [5.41, 5.74) is 2.56. The number of nitrogens with zero attached hydrogens (tertiary/aromatic N) is 1. The molecule has 0 aromatic heterocycles. The number of ether oxygens (including phenoxy) is 1. The second-order valence-corrected chi connectivity index (χ2v) is 12.7. The Hall–Kier alpha value is -2.90. The zero-order chi connectivity index (χ0) is 28.8. The molecule has 214 valence electrons. The Morgan fingerprint density at radius 1 is 1.03 bits per heavy atom. The molecule has 7 heteroatoms. The first-order valence-corrected chi connectivity index (χ1v) is 14.0. The first-order valence-electron chi connectivity index (χ1n) is 14.0. The lowest BCUT2D eigenvalue weighted by Gasteiger charge is -2.40. The van der Waals surface area contributed by atoms with Crippen molar-refractivity contribution in [2.75, 3.05) is 13.2 Å². The highest BCUT2D eigenvalue weighted by atomic mass is 16.6. The summed E-state index contributed by atoms with van der Waals surface area (Å²) in [4.78, 5) is 28.1. The number of carbonyl (C=O) groups is 2. The van der Waals surface area contributed by atoms with E-state index in [4.69, 9.17) is 4.74 Å². The third kappa shape index (κ3) is 8.80. The number of aliphatic hydroxyl groups excluding tert-OH is 2. The van der Waals surface area contributed by atoms with Crippen molar-refractivity contribution in [1.82, 2.24) is 10.2 Å². The molecule has 1 aliphatic heterocycles. The van der Waals surface area contributed by atoms with E-state index < -0.39 is 42.4 Å². The van der Waals surface area contributed by atoms with Gasteiger partial charge in [-0.3, -0.25) is 9.69 Å². The van der Waals surface area contributed by atoms with Gasteiger partial charge in [-0.1, -0.05) is 75.4 Å². The maximum Gasteiger partial charge on any atom is 0.410 e. The molecule has 1 fully saturated rings. The summed E-state index contributed by atoms with van der Waals surface area (Å²) in [7, 11) is 0. The zero-order valence-electron chi connectivity index (χ0n) is 24.3. The summed E-state index contributed by atoms with van der Waals surface area (Å²) in [5.74, 6) is -0.150. The third-order valence-corrected chi connectivity index (χ3v) is 7.35. The van der Waals surface area contributed by atoms with Crippen LogP contribution in [0.5, 0.6) is 0 Å². The smallest absolute Gasteiger partial charge is 0.410 e. The Labute approximate surface area is 233 Å². The maximum absolute atomic E-state index is 13.6. The van der Waals surface area contributed by atoms with Crippen LogP contribution in [0.25, 0.3) is 0 Å². The predicted molar refractivity (Wildman–Crippen MR) is 153 cm³/mol. The van der Waals surface area contributed by atoms with Crippen LogP contribution in [0.15, 0.2) is 54.6 Å². The van der Waals surface area contributed by atoms with E-state index in [1.165, 1.54) is 16.0 Å². The minimum atomic E-state index is -1.08. The van der Waals surface area contributed by atoms with Gasteiger partial charge in [0.1, 0.15) is 17.7 Å². The standard InChI is InChI=1S/C32H46N2O5/c1-31(2,3)25-16-14-22(15-17-25)12-13-23-18-19-34(30(38)39-32(4,5)6)27(20-23)29(37)33-26(21-35)28(36)24-10-8-7-9-11-24/h7-11,14-17,23,26-28,35-36H,12-13,18-21H2,1-6H3,(H,33,37). The number of hydrogen-bond acceptors (Lipinski definition) is 5. The second-order valence-electron chi connectivity index (χ2n) is 12.7. The van der Waals surface area contributed by atoms with Crippen molar-refractivity contribution >= 4 is 12.0 Å². The molecule has 7 nitrogen and oxygen atoms in total. The number of hydrogen-bond donors (Lipinski definition) is 3. The van der Waals surface area contributed by atoms with E-state index in [0.717, 1.165) is 19.3 Å². The summed E-state index contributed by atoms with van der Waals surface area (Å²) in [6.45, 7) is 12.0. The van der Waals surface area contributed by atoms with Gasteiger partial charge in [0.15, 0.2) is 0 Å². The fraction of sp³-hybridized carbons (Fsp3) is 0.562. The van der Waals surface area contributed by atoms with Crippen LogP contribution in [0.3, 0.4) is 0 Å². The number of rotatable bonds is 8. The number of carbonyl (C=O) groups excluding carboxylic acids is 2. The number of aliphatic hydroxyl groups is 2. The molecule has 1 heterocycles. The molecule has 39 heavy (non-hydrogen) atoms. The van der Waals surface area contributed by atoms with Crippen molar-refractivity contribution in [1.29, 1.82) is 0 Å². The first-order chi connectivity index (χ1) is 18.3. The molecule has 2 aromatic carbocycles. The molecule has 1 aliphatic rings. The van der Waals surface area contributed by atoms with Gasteiger partial charge in [0, 0.05) is 6.54 Å². The predicted octanol–water partition coefficient (Wildman–Crippen LogP) is 5.14. The average molecular weight is 539 g/mol. The highest BCUT2D eigenvalue weighted by molar-refractivity contribution is 5.86. The van der Waals surface area contributed by atoms with Crippen LogP contribution in [0, 0.1) is 5.92 Å². The Kier molecular flexibility index (Phi) is 10.2. The van der Waals surface area contributed by atoms with Gasteiger partial charge in [-0.15, -0.1) is 0 Å². The number of likely N-dealkylation sites (tertiary alicyclic amines) is 1. The molecule has 0 aliphatic carbocycles. The molecule has 3 rings (SSSR count). The summed E-state index contributed by atoms with van der Waals surface area (Å²) in [5, 5.41) is 23.6. The van der Waals surface area contributed by atoms with Crippen LogP contribution >= 0.6 is 0 Å². The largest absolute Gasteiger partial charge is 0.444 e. The van der Waals surface area contributed by atoms with Crippen molar-refractivity contribution < 1.29 is 24.5 Å². The normalized spacial score (nSPS) is 19.7. The molecular weight excluding hydrogens is 492 g/mol. The SMILES string of the molecule is CC(C)(C)OC(=O)N1CCC(CCc2ccc(C(C)(C)C)cc2)CC1C(=O)NC(CO)C(O)c1ccccc1. The van der Waals surface area contributed by atoms with Gasteiger partial charge < -0.3 is 20.3 Å². The highest BCUT2D eigenvalue weighted by Gasteiger charge is 2.39. The van der Waals surface area contributed by atoms with Crippen LogP contribution in [0.2, 0.25) is 0 Å². The lowest BCUT2D eigenvalue weighted by molar-refractivity contribution is -0.130. The third-order valence-electron chi connectivity index (χ3n) is 7.35. The van der Waals surface area contributed by atoms with E-state index in [-0.39, 0.29) is 11.3 Å². The minimum Gasteiger partial charge on any atom is -0.444 e. The number of aryl methyl sites for hydroxylation is 1. The molecule has 1 saturated heterocycles. The van der Waals surface area contributed by atoms with Gasteiger partial charge in [0.2, 0.25) is 5.91 Å². The van der Waals surface area contributed by atoms with Crippen molar-refractivity contribution in [3.8, 4) is 0 Å². The van der Waals surface area contributed by atoms with Gasteiger partial charge in [-0.25, -0.2) is 4.79 Å². The lowest BCUT2D eigenvalue weighted by Crippen LogP contribution is -2.57. The van der Waals surface area contributed by atoms with Crippen molar-refractivity contribution in [2.24, 2.45) is 5.92 Å². The first kappa shape index (κ1) is 30.6. The Morgan fingerprint density at radius 2 is 1.67 bits per heavy atom. The summed E-state index contributed by atoms with van der Waals surface area (Å²) >= 11 is 0. The topological polar surface area (TPSA) is 99.1 Å². The zero-order valence-corrected chi connectivity index (χ0v) is 24.3. The van der Waals surface area contributed by atoms with E-state index in [2.05, 4.69) is 50.4 Å². The van der Waals surface area contributed by atoms with E-state index in [1.54, 1.807) is 45.0 Å². The summed E-state index contributed by atoms with van der Waals surface area (Å²) in [6, 6.07) is 16.0. The molecule has 2 aromatic rings. The lowest BCUT2D eigenvalue weighted by atomic mass is 9.84. The van der Waals surface area contributed by atoms with Crippen LogP contribution in [-0.4, -0.2) is 57.9 Å². The summed E-state index contributed by atoms with van der Waals surface area (Å²) in [6.07, 6.45) is 1.46. The van der Waals surface area contributed by atoms with E-state index >= 15 is 0 Å². The van der Waals surface area contributed by atoms with Crippen molar-refractivity contribution in [2.45, 2.75) is 96.4 Å². The van der Waals surface area contributed by atoms with Gasteiger partial charge in [-0.05, 0) is 74.5 Å². The van der Waals surface area contributed by atoms with Crippen LogP contribution < -0.4 is 5.32 Å². The van der Waals surface area contributed by atoms with E-state index in [1.807, 2.05) is 6.07 Å². The molecule has 2 amide bonds. The number of piperidine rings is 1. The van der Waals surface area contributed by atoms with Crippen LogP contribution in [0.1, 0.15) is 83.6 Å². The molecule has 0 radical (unpaired) electrons. The Balaban J connectivity index is 1.72. The number of nitrogens with one attached hydrogen (secondary N) is 1. The maximum atomic E-state index is 13.6. The quantitative estimate of drug-likeness (QED) is 0.432. The fourth-order valence-electron chi connectivity index (χ4n) is 5.02. The van der Waals surface area contributed by atoms with Gasteiger partial charge in [0.05, 0.1) is 12.6 Å². The monoisotopic (exact) mass is 538 g/mol. The molecule has 3 N–H and O–H groups in total. The number of benzene rings is 2. The molecule has 4 unspecified atom stereocenters. The summed E-state index contributed by atoms with van der Waals surface area (Å²) < 4.78 is 5.62. The van der Waals surface area contributed by atoms with Crippen LogP contribution in [0.4, 0.5) is 4.79 Å². The van der Waals surface area contributed by atoms with Crippen LogP contribution in [-0.2, 0) is 21.4 Å². The van der Waals surface area contributed by atoms with E-state index in [9.17, 15) is 19.8 Å². The molecule has 0 bridgehead atoms. The van der Waals surface area contributed by atoms with Gasteiger partial charge in [-0.2, -0.15) is 0 Å².